The van der Waals surface area contributed by atoms with Crippen molar-refractivity contribution in [1.29, 1.82) is 0 Å². The molecule has 0 aliphatic carbocycles. The second-order valence-electron chi connectivity index (χ2n) is 7.54. The third-order valence-corrected chi connectivity index (χ3v) is 5.50. The zero-order valence-corrected chi connectivity index (χ0v) is 17.6. The Morgan fingerprint density at radius 3 is 2.94 bits per heavy atom. The van der Waals surface area contributed by atoms with Crippen molar-refractivity contribution in [2.45, 2.75) is 18.9 Å². The molecule has 0 spiro atoms. The third kappa shape index (κ3) is 3.51. The maximum Gasteiger partial charge on any atom is 0.262 e. The average molecular weight is 436 g/mol. The van der Waals surface area contributed by atoms with Gasteiger partial charge in [-0.2, -0.15) is 10.2 Å². The molecule has 5 rings (SSSR count). The van der Waals surface area contributed by atoms with Gasteiger partial charge < -0.3 is 15.0 Å². The summed E-state index contributed by atoms with van der Waals surface area (Å²) in [5, 5.41) is 11.2. The van der Waals surface area contributed by atoms with Crippen molar-refractivity contribution in [2.24, 2.45) is 7.05 Å². The van der Waals surface area contributed by atoms with Gasteiger partial charge in [0.05, 0.1) is 25.5 Å². The molecule has 5 heterocycles. The topological polar surface area (TPSA) is 102 Å². The van der Waals surface area contributed by atoms with Crippen molar-refractivity contribution < 1.29 is 13.9 Å². The highest BCUT2D eigenvalue weighted by atomic mass is 19.1. The summed E-state index contributed by atoms with van der Waals surface area (Å²) in [6.07, 6.45) is 7.83. The van der Waals surface area contributed by atoms with E-state index in [1.165, 1.54) is 19.4 Å². The summed E-state index contributed by atoms with van der Waals surface area (Å²) in [6.45, 7) is 0.733. The zero-order valence-electron chi connectivity index (χ0n) is 17.6. The normalized spacial score (nSPS) is 16.0. The maximum atomic E-state index is 13.9. The van der Waals surface area contributed by atoms with Gasteiger partial charge in [0.15, 0.2) is 11.5 Å². The highest BCUT2D eigenvalue weighted by molar-refractivity contribution is 6.07. The Hall–Kier alpha value is -4.02. The standard InChI is InChI=1S/C21H21FN8O2/c1-28-8-5-17(27-28)25-20(31)15-12-24-30-9-6-18(26-19(15)30)29-7-3-4-16(29)14-10-13(22)11-23-21(14)32-2/h5-6,8-12,16H,3-4,7H2,1-2H3,(H,25,27,31)/t16-/m1/s1. The van der Waals surface area contributed by atoms with Crippen molar-refractivity contribution in [3.05, 3.63) is 59.9 Å². The molecule has 0 bridgehead atoms. The number of amides is 1. The molecule has 1 N–H and O–H groups in total. The molecule has 11 heteroatoms. The zero-order chi connectivity index (χ0) is 22.2. The number of nitrogens with zero attached hydrogens (tertiary/aromatic N) is 7. The van der Waals surface area contributed by atoms with E-state index in [-0.39, 0.29) is 11.9 Å². The first-order valence-electron chi connectivity index (χ1n) is 10.1. The molecule has 0 saturated carbocycles. The number of halogens is 1. The van der Waals surface area contributed by atoms with E-state index in [1.807, 2.05) is 6.07 Å². The Balaban J connectivity index is 1.49. The van der Waals surface area contributed by atoms with Gasteiger partial charge in [0.25, 0.3) is 5.91 Å². The number of aromatic nitrogens is 6. The number of anilines is 2. The number of pyridine rings is 1. The number of carbonyl (C=O) groups excluding carboxylic acids is 1. The van der Waals surface area contributed by atoms with E-state index in [1.54, 1.807) is 34.7 Å². The van der Waals surface area contributed by atoms with Crippen LogP contribution in [0, 0.1) is 5.82 Å². The van der Waals surface area contributed by atoms with Crippen LogP contribution in [0.1, 0.15) is 34.8 Å². The van der Waals surface area contributed by atoms with Crippen LogP contribution in [0.4, 0.5) is 16.0 Å². The minimum atomic E-state index is -0.416. The van der Waals surface area contributed by atoms with E-state index in [9.17, 15) is 9.18 Å². The number of carbonyl (C=O) groups is 1. The Bertz CT molecular complexity index is 1300. The van der Waals surface area contributed by atoms with Crippen LogP contribution in [-0.2, 0) is 7.05 Å². The summed E-state index contributed by atoms with van der Waals surface area (Å²) in [6, 6.07) is 4.85. The van der Waals surface area contributed by atoms with Crippen molar-refractivity contribution in [2.75, 3.05) is 23.9 Å². The molecule has 1 aliphatic heterocycles. The number of nitrogens with one attached hydrogen (secondary N) is 1. The molecule has 1 saturated heterocycles. The quantitative estimate of drug-likeness (QED) is 0.513. The molecule has 10 nitrogen and oxygen atoms in total. The lowest BCUT2D eigenvalue weighted by atomic mass is 10.1. The maximum absolute atomic E-state index is 13.9. The lowest BCUT2D eigenvalue weighted by Crippen LogP contribution is -2.24. The Kier molecular flexibility index (Phi) is 4.92. The van der Waals surface area contributed by atoms with E-state index in [2.05, 4.69) is 25.4 Å². The van der Waals surface area contributed by atoms with E-state index < -0.39 is 5.82 Å². The van der Waals surface area contributed by atoms with E-state index in [0.717, 1.165) is 25.6 Å². The molecular weight excluding hydrogens is 415 g/mol. The summed E-state index contributed by atoms with van der Waals surface area (Å²) in [7, 11) is 3.29. The monoisotopic (exact) mass is 436 g/mol. The number of aryl methyl sites for hydroxylation is 1. The second kappa shape index (κ2) is 7.91. The summed E-state index contributed by atoms with van der Waals surface area (Å²) in [5.41, 5.74) is 1.43. The van der Waals surface area contributed by atoms with Crippen LogP contribution in [0.25, 0.3) is 5.65 Å². The molecule has 1 aliphatic rings. The van der Waals surface area contributed by atoms with Gasteiger partial charge in [-0.05, 0) is 25.0 Å². The molecule has 164 valence electrons. The highest BCUT2D eigenvalue weighted by Gasteiger charge is 2.31. The van der Waals surface area contributed by atoms with Gasteiger partial charge in [-0.25, -0.2) is 18.9 Å². The van der Waals surface area contributed by atoms with Gasteiger partial charge in [-0.3, -0.25) is 9.48 Å². The number of hydrogen-bond donors (Lipinski definition) is 1. The Morgan fingerprint density at radius 1 is 1.28 bits per heavy atom. The van der Waals surface area contributed by atoms with Gasteiger partial charge in [0.1, 0.15) is 17.2 Å². The molecule has 4 aromatic heterocycles. The van der Waals surface area contributed by atoms with Crippen molar-refractivity contribution >= 4 is 23.2 Å². The van der Waals surface area contributed by atoms with Crippen LogP contribution in [0.15, 0.2) is 43.0 Å². The summed E-state index contributed by atoms with van der Waals surface area (Å²) < 4.78 is 22.5. The lowest BCUT2D eigenvalue weighted by Gasteiger charge is -2.26. The van der Waals surface area contributed by atoms with Gasteiger partial charge >= 0.3 is 0 Å². The van der Waals surface area contributed by atoms with Gasteiger partial charge in [0, 0.05) is 37.6 Å². The van der Waals surface area contributed by atoms with Crippen molar-refractivity contribution in [3.63, 3.8) is 0 Å². The minimum Gasteiger partial charge on any atom is -0.481 e. The van der Waals surface area contributed by atoms with Gasteiger partial charge in [-0.1, -0.05) is 0 Å². The first-order valence-corrected chi connectivity index (χ1v) is 10.1. The average Bonchev–Trinajstić information content (AvgIpc) is 3.52. The number of fused-ring (bicyclic) bond motifs is 1. The smallest absolute Gasteiger partial charge is 0.262 e. The van der Waals surface area contributed by atoms with Crippen LogP contribution in [0.5, 0.6) is 5.88 Å². The van der Waals surface area contributed by atoms with Crippen molar-refractivity contribution in [3.8, 4) is 5.88 Å². The van der Waals surface area contributed by atoms with Crippen LogP contribution in [-0.4, -0.2) is 48.9 Å². The fraction of sp³-hybridized carbons (Fsp3) is 0.286. The number of methoxy groups -OCH3 is 1. The highest BCUT2D eigenvalue weighted by Crippen LogP contribution is 2.38. The number of ether oxygens (including phenoxy) is 1. The van der Waals surface area contributed by atoms with E-state index >= 15 is 0 Å². The Labute approximate surface area is 182 Å². The molecule has 4 aromatic rings. The first kappa shape index (κ1) is 19.9. The minimum absolute atomic E-state index is 0.142. The largest absolute Gasteiger partial charge is 0.481 e. The fourth-order valence-corrected chi connectivity index (χ4v) is 4.06. The second-order valence-corrected chi connectivity index (χ2v) is 7.54. The van der Waals surface area contributed by atoms with Crippen LogP contribution in [0.2, 0.25) is 0 Å². The fourth-order valence-electron chi connectivity index (χ4n) is 4.06. The molecule has 1 fully saturated rings. The number of rotatable bonds is 5. The molecular formula is C21H21FN8O2. The summed E-state index contributed by atoms with van der Waals surface area (Å²) >= 11 is 0. The summed E-state index contributed by atoms with van der Waals surface area (Å²) in [4.78, 5) is 23.7. The summed E-state index contributed by atoms with van der Waals surface area (Å²) in [5.74, 6) is 0.735. The SMILES string of the molecule is COc1ncc(F)cc1[C@H]1CCCN1c1ccn2ncc(C(=O)Nc3ccn(C)n3)c2n1. The molecule has 0 unspecified atom stereocenters. The molecule has 0 radical (unpaired) electrons. The number of hydrogen-bond acceptors (Lipinski definition) is 7. The van der Waals surface area contributed by atoms with Crippen LogP contribution in [0.3, 0.4) is 0 Å². The lowest BCUT2D eigenvalue weighted by molar-refractivity contribution is 0.102. The predicted molar refractivity (Wildman–Crippen MR) is 114 cm³/mol. The van der Waals surface area contributed by atoms with E-state index in [4.69, 9.17) is 9.72 Å². The third-order valence-electron chi connectivity index (χ3n) is 5.50. The molecule has 1 amide bonds. The Morgan fingerprint density at radius 2 is 2.16 bits per heavy atom. The van der Waals surface area contributed by atoms with Crippen molar-refractivity contribution in [1.82, 2.24) is 29.4 Å². The van der Waals surface area contributed by atoms with Crippen LogP contribution >= 0.6 is 0 Å². The van der Waals surface area contributed by atoms with E-state index in [0.29, 0.717) is 34.3 Å². The predicted octanol–water partition coefficient (Wildman–Crippen LogP) is 2.60. The first-order chi connectivity index (χ1) is 15.5. The van der Waals surface area contributed by atoms with Gasteiger partial charge in [-0.15, -0.1) is 0 Å². The van der Waals surface area contributed by atoms with Crippen LogP contribution < -0.4 is 15.0 Å². The molecule has 0 aromatic carbocycles. The van der Waals surface area contributed by atoms with Gasteiger partial charge in [0.2, 0.25) is 5.88 Å². The molecule has 1 atom stereocenters. The molecule has 32 heavy (non-hydrogen) atoms.